The van der Waals surface area contributed by atoms with E-state index in [0.29, 0.717) is 22.9 Å². The number of aromatic nitrogens is 1. The lowest BCUT2D eigenvalue weighted by molar-refractivity contribution is 0.0951. The monoisotopic (exact) mass is 353 g/mol. The van der Waals surface area contributed by atoms with Crippen molar-refractivity contribution in [1.82, 2.24) is 10.3 Å². The molecule has 4 nitrogen and oxygen atoms in total. The molecule has 2 rings (SSSR count). The third-order valence-corrected chi connectivity index (χ3v) is 3.49. The van der Waals surface area contributed by atoms with Crippen LogP contribution in [0.1, 0.15) is 15.9 Å². The maximum absolute atomic E-state index is 12.1. The van der Waals surface area contributed by atoms with Gasteiger partial charge in [-0.2, -0.15) is 0 Å². The summed E-state index contributed by atoms with van der Waals surface area (Å²) in [4.78, 5) is 16.2. The van der Waals surface area contributed by atoms with Crippen LogP contribution in [0.2, 0.25) is 5.02 Å². The highest BCUT2D eigenvalue weighted by Crippen LogP contribution is 2.18. The van der Waals surface area contributed by atoms with Crippen molar-refractivity contribution in [3.05, 3.63) is 57.2 Å². The molecule has 0 atom stereocenters. The van der Waals surface area contributed by atoms with E-state index in [1.54, 1.807) is 13.1 Å². The summed E-state index contributed by atoms with van der Waals surface area (Å²) in [6.07, 6.45) is 1.46. The van der Waals surface area contributed by atoms with Crippen molar-refractivity contribution < 1.29 is 4.79 Å². The second kappa shape index (κ2) is 6.72. The van der Waals surface area contributed by atoms with Gasteiger partial charge in [-0.25, -0.2) is 4.98 Å². The molecular weight excluding hydrogens is 342 g/mol. The van der Waals surface area contributed by atoms with E-state index in [4.69, 9.17) is 11.6 Å². The molecular formula is C14H13BrClN3O. The van der Waals surface area contributed by atoms with Crippen LogP contribution >= 0.6 is 27.5 Å². The molecule has 0 bridgehead atoms. The number of hydrogen-bond donors (Lipinski definition) is 2. The smallest absolute Gasteiger partial charge is 0.253 e. The Morgan fingerprint density at radius 2 is 2.20 bits per heavy atom. The summed E-state index contributed by atoms with van der Waals surface area (Å²) in [5.41, 5.74) is 1.41. The molecule has 0 saturated carbocycles. The molecule has 1 amide bonds. The molecule has 0 fully saturated rings. The fourth-order valence-electron chi connectivity index (χ4n) is 1.67. The van der Waals surface area contributed by atoms with E-state index in [9.17, 15) is 4.79 Å². The third-order valence-electron chi connectivity index (χ3n) is 2.70. The van der Waals surface area contributed by atoms with Crippen LogP contribution in [0.5, 0.6) is 0 Å². The maximum atomic E-state index is 12.1. The Labute approximate surface area is 130 Å². The molecule has 104 valence electrons. The number of carbonyl (C=O) groups is 1. The molecule has 0 aliphatic rings. The number of benzene rings is 1. The van der Waals surface area contributed by atoms with Gasteiger partial charge in [0.2, 0.25) is 0 Å². The molecule has 0 unspecified atom stereocenters. The normalized spacial score (nSPS) is 10.2. The summed E-state index contributed by atoms with van der Waals surface area (Å²) in [6.45, 7) is 0.436. The second-order valence-electron chi connectivity index (χ2n) is 4.11. The zero-order valence-corrected chi connectivity index (χ0v) is 13.1. The van der Waals surface area contributed by atoms with Crippen LogP contribution in [0.15, 0.2) is 41.0 Å². The van der Waals surface area contributed by atoms with Gasteiger partial charge in [-0.05, 0) is 23.8 Å². The second-order valence-corrected chi connectivity index (χ2v) is 5.43. The average molecular weight is 355 g/mol. The lowest BCUT2D eigenvalue weighted by Crippen LogP contribution is -2.23. The first-order chi connectivity index (χ1) is 9.60. The molecule has 2 aromatic rings. The number of amides is 1. The summed E-state index contributed by atoms with van der Waals surface area (Å²) in [5.74, 6) is 0.371. The molecule has 20 heavy (non-hydrogen) atoms. The minimum Gasteiger partial charge on any atom is -0.373 e. The van der Waals surface area contributed by atoms with Gasteiger partial charge in [0, 0.05) is 24.3 Å². The number of halogens is 2. The third kappa shape index (κ3) is 3.71. The van der Waals surface area contributed by atoms with Gasteiger partial charge < -0.3 is 10.6 Å². The molecule has 0 aliphatic heterocycles. The number of carbonyl (C=O) groups excluding carboxylic acids is 1. The number of nitrogens with one attached hydrogen (secondary N) is 2. The average Bonchev–Trinajstić information content (AvgIpc) is 2.45. The van der Waals surface area contributed by atoms with E-state index in [0.717, 1.165) is 10.0 Å². The van der Waals surface area contributed by atoms with Crippen molar-refractivity contribution in [3.8, 4) is 0 Å². The van der Waals surface area contributed by atoms with Crippen LogP contribution in [0.4, 0.5) is 5.82 Å². The van der Waals surface area contributed by atoms with E-state index in [1.165, 1.54) is 6.20 Å². The topological polar surface area (TPSA) is 54.0 Å². The number of pyridine rings is 1. The summed E-state index contributed by atoms with van der Waals surface area (Å²) in [5, 5.41) is 6.04. The van der Waals surface area contributed by atoms with Crippen LogP contribution in [0.25, 0.3) is 0 Å². The van der Waals surface area contributed by atoms with Gasteiger partial charge in [0.25, 0.3) is 5.91 Å². The van der Waals surface area contributed by atoms with E-state index in [1.807, 2.05) is 24.3 Å². The zero-order chi connectivity index (χ0) is 14.5. The first-order valence-electron chi connectivity index (χ1n) is 5.96. The largest absolute Gasteiger partial charge is 0.373 e. The number of nitrogens with zero attached hydrogens (tertiary/aromatic N) is 1. The molecule has 0 spiro atoms. The van der Waals surface area contributed by atoms with Gasteiger partial charge in [0.05, 0.1) is 10.6 Å². The Bertz CT molecular complexity index is 634. The predicted molar refractivity (Wildman–Crippen MR) is 84.1 cm³/mol. The highest BCUT2D eigenvalue weighted by molar-refractivity contribution is 9.10. The van der Waals surface area contributed by atoms with Crippen molar-refractivity contribution in [2.24, 2.45) is 0 Å². The minimum absolute atomic E-state index is 0.228. The Kier molecular flexibility index (Phi) is 4.98. The van der Waals surface area contributed by atoms with Gasteiger partial charge in [0.1, 0.15) is 5.82 Å². The summed E-state index contributed by atoms with van der Waals surface area (Å²) < 4.78 is 0.976. The van der Waals surface area contributed by atoms with Crippen molar-refractivity contribution in [3.63, 3.8) is 0 Å². The van der Waals surface area contributed by atoms with Crippen LogP contribution in [-0.2, 0) is 6.54 Å². The summed E-state index contributed by atoms with van der Waals surface area (Å²) in [6, 6.07) is 9.37. The van der Waals surface area contributed by atoms with E-state index in [-0.39, 0.29) is 5.91 Å². The molecule has 1 aromatic heterocycles. The van der Waals surface area contributed by atoms with Crippen LogP contribution in [-0.4, -0.2) is 17.9 Å². The van der Waals surface area contributed by atoms with Gasteiger partial charge in [-0.15, -0.1) is 0 Å². The Hall–Kier alpha value is -1.59. The molecule has 0 aliphatic carbocycles. The lowest BCUT2D eigenvalue weighted by atomic mass is 10.2. The Balaban J connectivity index is 2.08. The lowest BCUT2D eigenvalue weighted by Gasteiger charge is -2.08. The van der Waals surface area contributed by atoms with E-state index in [2.05, 4.69) is 31.5 Å². The first-order valence-corrected chi connectivity index (χ1v) is 7.13. The Morgan fingerprint density at radius 3 is 2.90 bits per heavy atom. The quantitative estimate of drug-likeness (QED) is 0.884. The van der Waals surface area contributed by atoms with Gasteiger partial charge in [-0.3, -0.25) is 4.79 Å². The molecule has 6 heteroatoms. The molecule has 1 aromatic carbocycles. The molecule has 0 radical (unpaired) electrons. The van der Waals surface area contributed by atoms with Crippen LogP contribution in [0.3, 0.4) is 0 Å². The molecule has 2 N–H and O–H groups in total. The summed E-state index contributed by atoms with van der Waals surface area (Å²) in [7, 11) is 1.74. The van der Waals surface area contributed by atoms with Crippen LogP contribution in [0, 0.1) is 0 Å². The fraction of sp³-hybridized carbons (Fsp3) is 0.143. The molecule has 1 heterocycles. The Morgan fingerprint density at radius 1 is 1.40 bits per heavy atom. The van der Waals surface area contributed by atoms with Crippen molar-refractivity contribution >= 4 is 39.3 Å². The maximum Gasteiger partial charge on any atom is 0.253 e. The van der Waals surface area contributed by atoms with Gasteiger partial charge in [0.15, 0.2) is 0 Å². The number of hydrogen-bond acceptors (Lipinski definition) is 3. The zero-order valence-electron chi connectivity index (χ0n) is 10.8. The van der Waals surface area contributed by atoms with E-state index < -0.39 is 0 Å². The predicted octanol–water partition coefficient (Wildman–Crippen LogP) is 3.47. The first kappa shape index (κ1) is 14.8. The molecule has 0 saturated heterocycles. The van der Waals surface area contributed by atoms with Crippen molar-refractivity contribution in [1.29, 1.82) is 0 Å². The van der Waals surface area contributed by atoms with Gasteiger partial charge in [-0.1, -0.05) is 39.7 Å². The standard InChI is InChI=1S/C14H13BrClN3O/c1-17-13-6-11(12(16)8-18-13)14(20)19-7-9-3-2-4-10(15)5-9/h2-6,8H,7H2,1H3,(H,17,18)(H,19,20). The van der Waals surface area contributed by atoms with Crippen molar-refractivity contribution in [2.75, 3.05) is 12.4 Å². The highest BCUT2D eigenvalue weighted by atomic mass is 79.9. The van der Waals surface area contributed by atoms with Crippen LogP contribution < -0.4 is 10.6 Å². The SMILES string of the molecule is CNc1cc(C(=O)NCc2cccc(Br)c2)c(Cl)cn1. The minimum atomic E-state index is -0.228. The number of rotatable bonds is 4. The van der Waals surface area contributed by atoms with Crippen molar-refractivity contribution in [2.45, 2.75) is 6.54 Å². The number of anilines is 1. The highest BCUT2D eigenvalue weighted by Gasteiger charge is 2.11. The van der Waals surface area contributed by atoms with E-state index >= 15 is 0 Å². The summed E-state index contributed by atoms with van der Waals surface area (Å²) >= 11 is 9.39. The van der Waals surface area contributed by atoms with Gasteiger partial charge >= 0.3 is 0 Å². The fourth-order valence-corrected chi connectivity index (χ4v) is 2.31.